The molecule has 3 unspecified atom stereocenters. The molecule has 0 amide bonds. The molecular weight excluding hydrogens is 196 g/mol. The number of rotatable bonds is 4. The minimum absolute atomic E-state index is 0.342. The fourth-order valence-corrected chi connectivity index (χ4v) is 3.01. The van der Waals surface area contributed by atoms with Crippen LogP contribution in [0.5, 0.6) is 0 Å². The first-order chi connectivity index (χ1) is 7.59. The summed E-state index contributed by atoms with van der Waals surface area (Å²) in [5.74, 6) is 0.994. The van der Waals surface area contributed by atoms with E-state index in [4.69, 9.17) is 0 Å². The van der Waals surface area contributed by atoms with Crippen LogP contribution in [0, 0.1) is 5.92 Å². The van der Waals surface area contributed by atoms with Crippen LogP contribution in [0.4, 0.5) is 0 Å². The van der Waals surface area contributed by atoms with Crippen molar-refractivity contribution < 1.29 is 0 Å². The first-order valence-corrected chi connectivity index (χ1v) is 7.10. The lowest BCUT2D eigenvalue weighted by Crippen LogP contribution is -2.64. The maximum absolute atomic E-state index is 3.75. The zero-order valence-corrected chi connectivity index (χ0v) is 11.4. The van der Waals surface area contributed by atoms with Crippen molar-refractivity contribution in [1.82, 2.24) is 10.2 Å². The van der Waals surface area contributed by atoms with Gasteiger partial charge in [0.25, 0.3) is 0 Å². The topological polar surface area (TPSA) is 15.3 Å². The lowest BCUT2D eigenvalue weighted by atomic mass is 9.91. The highest BCUT2D eigenvalue weighted by Gasteiger charge is 2.40. The Labute approximate surface area is 101 Å². The third-order valence-electron chi connectivity index (χ3n) is 4.84. The van der Waals surface area contributed by atoms with Gasteiger partial charge in [-0.25, -0.2) is 0 Å². The molecular formula is C14H28N2. The average Bonchev–Trinajstić information content (AvgIpc) is 3.12. The standard InChI is InChI=1S/C14H28N2/c1-5-13-9-15-14(4,6-2)10-16(13)11(3)12-7-8-12/h11-13,15H,5-10H2,1-4H3. The Morgan fingerprint density at radius 3 is 2.56 bits per heavy atom. The van der Waals surface area contributed by atoms with Crippen LogP contribution in [-0.4, -0.2) is 35.6 Å². The molecule has 3 atom stereocenters. The van der Waals surface area contributed by atoms with E-state index in [1.165, 1.54) is 38.8 Å². The van der Waals surface area contributed by atoms with Crippen LogP contribution in [0.25, 0.3) is 0 Å². The second kappa shape index (κ2) is 4.66. The van der Waals surface area contributed by atoms with Crippen molar-refractivity contribution >= 4 is 0 Å². The Balaban J connectivity index is 2.04. The number of hydrogen-bond donors (Lipinski definition) is 1. The van der Waals surface area contributed by atoms with Gasteiger partial charge in [-0.05, 0) is 45.4 Å². The molecule has 94 valence electrons. The molecule has 1 aliphatic carbocycles. The van der Waals surface area contributed by atoms with E-state index in [0.717, 1.165) is 18.0 Å². The van der Waals surface area contributed by atoms with Gasteiger partial charge in [-0.1, -0.05) is 13.8 Å². The minimum Gasteiger partial charge on any atom is -0.309 e. The van der Waals surface area contributed by atoms with E-state index in [2.05, 4.69) is 37.9 Å². The molecule has 1 N–H and O–H groups in total. The van der Waals surface area contributed by atoms with Crippen molar-refractivity contribution in [3.8, 4) is 0 Å². The summed E-state index contributed by atoms with van der Waals surface area (Å²) in [5, 5.41) is 3.75. The predicted octanol–water partition coefficient (Wildman–Crippen LogP) is 2.64. The maximum Gasteiger partial charge on any atom is 0.0278 e. The summed E-state index contributed by atoms with van der Waals surface area (Å²) >= 11 is 0. The van der Waals surface area contributed by atoms with Crippen LogP contribution in [0.1, 0.15) is 53.4 Å². The van der Waals surface area contributed by atoms with Gasteiger partial charge in [0.1, 0.15) is 0 Å². The lowest BCUT2D eigenvalue weighted by molar-refractivity contribution is 0.0420. The zero-order valence-electron chi connectivity index (χ0n) is 11.4. The normalized spacial score (nSPS) is 38.6. The van der Waals surface area contributed by atoms with Gasteiger partial charge in [0.15, 0.2) is 0 Å². The van der Waals surface area contributed by atoms with Gasteiger partial charge in [-0.2, -0.15) is 0 Å². The van der Waals surface area contributed by atoms with Gasteiger partial charge in [0.05, 0.1) is 0 Å². The van der Waals surface area contributed by atoms with Crippen molar-refractivity contribution in [3.63, 3.8) is 0 Å². The van der Waals surface area contributed by atoms with Crippen molar-refractivity contribution in [2.45, 2.75) is 71.0 Å². The lowest BCUT2D eigenvalue weighted by Gasteiger charge is -2.48. The summed E-state index contributed by atoms with van der Waals surface area (Å²) in [5.41, 5.74) is 0.342. The Kier molecular flexibility index (Phi) is 3.60. The molecule has 16 heavy (non-hydrogen) atoms. The van der Waals surface area contributed by atoms with Gasteiger partial charge < -0.3 is 5.32 Å². The maximum atomic E-state index is 3.75. The largest absolute Gasteiger partial charge is 0.309 e. The van der Waals surface area contributed by atoms with Gasteiger partial charge >= 0.3 is 0 Å². The molecule has 0 aromatic heterocycles. The fraction of sp³-hybridized carbons (Fsp3) is 1.00. The Morgan fingerprint density at radius 2 is 2.06 bits per heavy atom. The van der Waals surface area contributed by atoms with E-state index in [0.29, 0.717) is 5.54 Å². The second-order valence-electron chi connectivity index (χ2n) is 6.11. The molecule has 0 radical (unpaired) electrons. The van der Waals surface area contributed by atoms with E-state index in [9.17, 15) is 0 Å². The van der Waals surface area contributed by atoms with Crippen molar-refractivity contribution in [2.24, 2.45) is 5.92 Å². The van der Waals surface area contributed by atoms with Gasteiger partial charge in [0.2, 0.25) is 0 Å². The summed E-state index contributed by atoms with van der Waals surface area (Å²) in [6.07, 6.45) is 5.44. The second-order valence-corrected chi connectivity index (χ2v) is 6.11. The quantitative estimate of drug-likeness (QED) is 0.790. The third-order valence-corrected chi connectivity index (χ3v) is 4.84. The first kappa shape index (κ1) is 12.4. The van der Waals surface area contributed by atoms with E-state index < -0.39 is 0 Å². The van der Waals surface area contributed by atoms with Crippen LogP contribution in [-0.2, 0) is 0 Å². The Hall–Kier alpha value is -0.0800. The number of hydrogen-bond acceptors (Lipinski definition) is 2. The summed E-state index contributed by atoms with van der Waals surface area (Å²) < 4.78 is 0. The van der Waals surface area contributed by atoms with E-state index in [1.54, 1.807) is 0 Å². The number of nitrogens with one attached hydrogen (secondary N) is 1. The Bertz CT molecular complexity index is 235. The molecule has 0 bridgehead atoms. The average molecular weight is 224 g/mol. The summed E-state index contributed by atoms with van der Waals surface area (Å²) in [7, 11) is 0. The highest BCUT2D eigenvalue weighted by Crippen LogP contribution is 2.37. The van der Waals surface area contributed by atoms with Crippen LogP contribution >= 0.6 is 0 Å². The molecule has 0 spiro atoms. The number of nitrogens with zero attached hydrogens (tertiary/aromatic N) is 1. The molecule has 0 aromatic rings. The first-order valence-electron chi connectivity index (χ1n) is 7.10. The summed E-state index contributed by atoms with van der Waals surface area (Å²) in [6.45, 7) is 11.9. The van der Waals surface area contributed by atoms with E-state index in [1.807, 2.05) is 0 Å². The number of piperazine rings is 1. The van der Waals surface area contributed by atoms with E-state index in [-0.39, 0.29) is 0 Å². The predicted molar refractivity (Wildman–Crippen MR) is 69.7 cm³/mol. The third kappa shape index (κ3) is 2.43. The summed E-state index contributed by atoms with van der Waals surface area (Å²) in [4.78, 5) is 2.79. The molecule has 2 rings (SSSR count). The summed E-state index contributed by atoms with van der Waals surface area (Å²) in [6, 6.07) is 1.56. The van der Waals surface area contributed by atoms with Crippen molar-refractivity contribution in [3.05, 3.63) is 0 Å². The molecule has 1 saturated carbocycles. The van der Waals surface area contributed by atoms with Crippen LogP contribution in [0.2, 0.25) is 0 Å². The highest BCUT2D eigenvalue weighted by molar-refractivity contribution is 4.98. The molecule has 0 aromatic carbocycles. The zero-order chi connectivity index (χ0) is 11.8. The van der Waals surface area contributed by atoms with Crippen molar-refractivity contribution in [1.29, 1.82) is 0 Å². The van der Waals surface area contributed by atoms with Gasteiger partial charge in [0, 0.05) is 30.7 Å². The minimum atomic E-state index is 0.342. The molecule has 1 aliphatic heterocycles. The fourth-order valence-electron chi connectivity index (χ4n) is 3.01. The molecule has 2 heteroatoms. The van der Waals surface area contributed by atoms with Gasteiger partial charge in [-0.15, -0.1) is 0 Å². The van der Waals surface area contributed by atoms with Crippen molar-refractivity contribution in [2.75, 3.05) is 13.1 Å². The SMILES string of the molecule is CCC1CNC(C)(CC)CN1C(C)C1CC1. The smallest absolute Gasteiger partial charge is 0.0278 e. The van der Waals surface area contributed by atoms with Crippen LogP contribution in [0.3, 0.4) is 0 Å². The Morgan fingerprint density at radius 1 is 1.38 bits per heavy atom. The molecule has 2 aliphatic rings. The highest BCUT2D eigenvalue weighted by atomic mass is 15.3. The molecule has 2 fully saturated rings. The monoisotopic (exact) mass is 224 g/mol. The van der Waals surface area contributed by atoms with Gasteiger partial charge in [-0.3, -0.25) is 4.90 Å². The molecule has 1 saturated heterocycles. The van der Waals surface area contributed by atoms with Crippen LogP contribution in [0.15, 0.2) is 0 Å². The molecule has 2 nitrogen and oxygen atoms in total. The van der Waals surface area contributed by atoms with E-state index >= 15 is 0 Å². The molecule has 1 heterocycles. The van der Waals surface area contributed by atoms with Crippen LogP contribution < -0.4 is 5.32 Å².